The van der Waals surface area contributed by atoms with Crippen LogP contribution >= 0.6 is 0 Å². The molecule has 2 atom stereocenters. The highest BCUT2D eigenvalue weighted by Gasteiger charge is 2.50. The lowest BCUT2D eigenvalue weighted by molar-refractivity contribution is -0.187. The van der Waals surface area contributed by atoms with Crippen molar-refractivity contribution in [1.29, 1.82) is 0 Å². The number of carbonyl (C=O) groups excluding carboxylic acids is 3. The van der Waals surface area contributed by atoms with Gasteiger partial charge >= 0.3 is 6.03 Å². The molecule has 2 fully saturated rings. The Labute approximate surface area is 237 Å². The van der Waals surface area contributed by atoms with Crippen molar-refractivity contribution in [2.24, 2.45) is 0 Å². The topological polar surface area (TPSA) is 106 Å². The number of urea groups is 1. The zero-order valence-corrected chi connectivity index (χ0v) is 22.9. The third kappa shape index (κ3) is 5.94. The van der Waals surface area contributed by atoms with E-state index in [0.29, 0.717) is 11.3 Å². The summed E-state index contributed by atoms with van der Waals surface area (Å²) in [4.78, 5) is 44.1. The first-order valence-corrected chi connectivity index (χ1v) is 13.3. The third-order valence-corrected chi connectivity index (χ3v) is 7.41. The molecule has 10 nitrogen and oxygen atoms in total. The number of nitrogens with zero attached hydrogens (tertiary/aromatic N) is 4. The maximum atomic E-state index is 14.0. The molecule has 2 heterocycles. The SMILES string of the molecule is COc1cc(F)ccc1CN1C[C@H]2N(C(=O)CN(C)N2C(=O)NCc2ccccc2)[C@@H](Cc2ccc(O)cc2)C1=O. The van der Waals surface area contributed by atoms with Crippen LogP contribution in [0.25, 0.3) is 0 Å². The molecule has 2 N–H and O–H groups in total. The van der Waals surface area contributed by atoms with Gasteiger partial charge in [0.1, 0.15) is 29.5 Å². The van der Waals surface area contributed by atoms with Crippen molar-refractivity contribution in [2.75, 3.05) is 27.2 Å². The van der Waals surface area contributed by atoms with E-state index in [1.165, 1.54) is 41.3 Å². The number of methoxy groups -OCH3 is 1. The number of ether oxygens (including phenoxy) is 1. The number of amides is 4. The van der Waals surface area contributed by atoms with Gasteiger partial charge in [0.05, 0.1) is 20.2 Å². The lowest BCUT2D eigenvalue weighted by atomic mass is 9.98. The van der Waals surface area contributed by atoms with E-state index in [1.54, 1.807) is 35.2 Å². The van der Waals surface area contributed by atoms with Crippen LogP contribution in [-0.2, 0) is 29.1 Å². The fourth-order valence-electron chi connectivity index (χ4n) is 5.41. The number of hydrazine groups is 1. The number of nitrogens with one attached hydrogen (secondary N) is 1. The van der Waals surface area contributed by atoms with E-state index in [1.807, 2.05) is 30.3 Å². The van der Waals surface area contributed by atoms with E-state index in [4.69, 9.17) is 4.74 Å². The molecule has 0 saturated carbocycles. The number of piperazine rings is 1. The molecule has 0 aromatic heterocycles. The number of hydrogen-bond donors (Lipinski definition) is 2. The monoisotopic (exact) mass is 561 g/mol. The lowest BCUT2D eigenvalue weighted by Gasteiger charge is -2.54. The quantitative estimate of drug-likeness (QED) is 0.460. The first kappa shape index (κ1) is 27.9. The Balaban J connectivity index is 1.48. The van der Waals surface area contributed by atoms with Gasteiger partial charge in [-0.1, -0.05) is 48.5 Å². The number of phenolic OH excluding ortho intramolecular Hbond substituents is 1. The normalized spacial score (nSPS) is 19.2. The third-order valence-electron chi connectivity index (χ3n) is 7.41. The summed E-state index contributed by atoms with van der Waals surface area (Å²) in [6.07, 6.45) is -0.606. The van der Waals surface area contributed by atoms with Crippen LogP contribution in [0.2, 0.25) is 0 Å². The summed E-state index contributed by atoms with van der Waals surface area (Å²) in [5.74, 6) is -0.662. The van der Waals surface area contributed by atoms with Gasteiger partial charge in [0.2, 0.25) is 11.8 Å². The molecule has 0 unspecified atom stereocenters. The van der Waals surface area contributed by atoms with Gasteiger partial charge in [-0.05, 0) is 29.3 Å². The van der Waals surface area contributed by atoms with E-state index in [2.05, 4.69) is 5.32 Å². The number of carbonyl (C=O) groups is 3. The summed E-state index contributed by atoms with van der Waals surface area (Å²) in [5, 5.41) is 15.7. The number of fused-ring (bicyclic) bond motifs is 1. The van der Waals surface area contributed by atoms with Gasteiger partial charge in [-0.15, -0.1) is 0 Å². The standard InChI is InChI=1S/C30H32FN5O5/c1-33-19-28(38)35-25(14-20-8-12-24(37)13-9-20)29(39)34(17-22-10-11-23(31)15-26(22)41-2)18-27(35)36(33)30(40)32-16-21-6-4-3-5-7-21/h3-13,15,25,27,37H,14,16-19H2,1-2H3,(H,32,40)/t25-,27-/m0/s1. The van der Waals surface area contributed by atoms with Gasteiger partial charge < -0.3 is 25.0 Å². The summed E-state index contributed by atoms with van der Waals surface area (Å²) in [6, 6.07) is 18.7. The van der Waals surface area contributed by atoms with Crippen LogP contribution in [0, 0.1) is 5.82 Å². The van der Waals surface area contributed by atoms with Crippen molar-refractivity contribution in [3.05, 3.63) is 95.3 Å². The number of likely N-dealkylation sites (N-methyl/N-ethyl adjacent to an activating group) is 1. The molecule has 214 valence electrons. The van der Waals surface area contributed by atoms with Gasteiger partial charge in [-0.2, -0.15) is 0 Å². The largest absolute Gasteiger partial charge is 0.508 e. The highest BCUT2D eigenvalue weighted by Crippen LogP contribution is 2.30. The average Bonchev–Trinajstić information content (AvgIpc) is 2.96. The number of aromatic hydroxyl groups is 1. The van der Waals surface area contributed by atoms with Crippen LogP contribution in [0.5, 0.6) is 11.5 Å². The molecular formula is C30H32FN5O5. The van der Waals surface area contributed by atoms with E-state index < -0.39 is 24.1 Å². The zero-order chi connectivity index (χ0) is 29.1. The lowest BCUT2D eigenvalue weighted by Crippen LogP contribution is -2.76. The number of halogens is 1. The van der Waals surface area contributed by atoms with Gasteiger partial charge in [-0.3, -0.25) is 9.59 Å². The number of benzene rings is 3. The van der Waals surface area contributed by atoms with Crippen molar-refractivity contribution in [1.82, 2.24) is 25.1 Å². The number of hydrogen-bond acceptors (Lipinski definition) is 6. The highest BCUT2D eigenvalue weighted by atomic mass is 19.1. The van der Waals surface area contributed by atoms with Gasteiger partial charge in [0.25, 0.3) is 0 Å². The smallest absolute Gasteiger partial charge is 0.334 e. The Hall–Kier alpha value is -4.64. The molecular weight excluding hydrogens is 529 g/mol. The fraction of sp³-hybridized carbons (Fsp3) is 0.300. The maximum Gasteiger partial charge on any atom is 0.334 e. The molecule has 3 aromatic rings. The van der Waals surface area contributed by atoms with Crippen LogP contribution in [0.1, 0.15) is 16.7 Å². The molecule has 11 heteroatoms. The van der Waals surface area contributed by atoms with Gasteiger partial charge in [-0.25, -0.2) is 19.2 Å². The summed E-state index contributed by atoms with van der Waals surface area (Å²) >= 11 is 0. The number of phenols is 1. The summed E-state index contributed by atoms with van der Waals surface area (Å²) in [5.41, 5.74) is 2.25. The molecule has 5 rings (SSSR count). The highest BCUT2D eigenvalue weighted by molar-refractivity contribution is 5.91. The fourth-order valence-corrected chi connectivity index (χ4v) is 5.41. The van der Waals surface area contributed by atoms with Crippen LogP contribution in [0.15, 0.2) is 72.8 Å². The molecule has 4 amide bonds. The van der Waals surface area contributed by atoms with E-state index in [9.17, 15) is 23.9 Å². The van der Waals surface area contributed by atoms with Crippen molar-refractivity contribution >= 4 is 17.8 Å². The Morgan fingerprint density at radius 1 is 1.05 bits per heavy atom. The van der Waals surface area contributed by atoms with Crippen molar-refractivity contribution in [3.63, 3.8) is 0 Å². The average molecular weight is 562 g/mol. The molecule has 2 aliphatic heterocycles. The van der Waals surface area contributed by atoms with E-state index in [0.717, 1.165) is 11.1 Å². The van der Waals surface area contributed by atoms with Crippen LogP contribution in [0.4, 0.5) is 9.18 Å². The second kappa shape index (κ2) is 11.8. The molecule has 41 heavy (non-hydrogen) atoms. The Bertz CT molecular complexity index is 1420. The summed E-state index contributed by atoms with van der Waals surface area (Å²) < 4.78 is 19.2. The van der Waals surface area contributed by atoms with E-state index >= 15 is 0 Å². The van der Waals surface area contributed by atoms with Crippen LogP contribution < -0.4 is 10.1 Å². The van der Waals surface area contributed by atoms with Crippen LogP contribution in [0.3, 0.4) is 0 Å². The molecule has 0 spiro atoms. The van der Waals surface area contributed by atoms with E-state index in [-0.39, 0.29) is 50.2 Å². The van der Waals surface area contributed by atoms with Gasteiger partial charge in [0, 0.05) is 38.2 Å². The summed E-state index contributed by atoms with van der Waals surface area (Å²) in [7, 11) is 3.09. The maximum absolute atomic E-state index is 14.0. The van der Waals surface area contributed by atoms with Gasteiger partial charge in [0.15, 0.2) is 0 Å². The molecule has 0 radical (unpaired) electrons. The molecule has 3 aromatic carbocycles. The number of rotatable bonds is 7. The summed E-state index contributed by atoms with van der Waals surface area (Å²) in [6.45, 7) is 0.341. The Morgan fingerprint density at radius 3 is 2.49 bits per heavy atom. The minimum atomic E-state index is -0.907. The molecule has 0 aliphatic carbocycles. The first-order chi connectivity index (χ1) is 19.7. The van der Waals surface area contributed by atoms with Crippen LogP contribution in [-0.4, -0.2) is 82.2 Å². The van der Waals surface area contributed by atoms with Crippen molar-refractivity contribution in [2.45, 2.75) is 31.7 Å². The predicted molar refractivity (Wildman–Crippen MR) is 148 cm³/mol. The first-order valence-electron chi connectivity index (χ1n) is 13.3. The zero-order valence-electron chi connectivity index (χ0n) is 22.9. The second-order valence-corrected chi connectivity index (χ2v) is 10.1. The molecule has 0 bridgehead atoms. The molecule has 2 aliphatic rings. The predicted octanol–water partition coefficient (Wildman–Crippen LogP) is 2.72. The van der Waals surface area contributed by atoms with Crippen molar-refractivity contribution in [3.8, 4) is 11.5 Å². The Kier molecular flexibility index (Phi) is 8.06. The second-order valence-electron chi connectivity index (χ2n) is 10.1. The van der Waals surface area contributed by atoms with Crippen molar-refractivity contribution < 1.29 is 28.6 Å². The minimum absolute atomic E-state index is 0.0419. The Morgan fingerprint density at radius 2 is 1.78 bits per heavy atom. The minimum Gasteiger partial charge on any atom is -0.508 e. The molecule has 2 saturated heterocycles.